The summed E-state index contributed by atoms with van der Waals surface area (Å²) >= 11 is 0. The Balaban J connectivity index is 1.23. The van der Waals surface area contributed by atoms with Crippen molar-refractivity contribution in [2.24, 2.45) is 23.7 Å². The maximum Gasteiger partial charge on any atom is 0.344 e. The molecule has 0 saturated heterocycles. The fourth-order valence-corrected chi connectivity index (χ4v) is 10.8. The van der Waals surface area contributed by atoms with Gasteiger partial charge in [-0.25, -0.2) is 4.79 Å². The number of aryl methyl sites for hydroxylation is 2. The topological polar surface area (TPSA) is 35.5 Å². The highest BCUT2D eigenvalue weighted by atomic mass is 32.3. The third-order valence-corrected chi connectivity index (χ3v) is 13.2. The van der Waals surface area contributed by atoms with Crippen LogP contribution in [0.5, 0.6) is 5.75 Å². The van der Waals surface area contributed by atoms with Crippen molar-refractivity contribution in [3.63, 3.8) is 0 Å². The maximum absolute atomic E-state index is 13.0. The molecule has 3 aromatic rings. The molecule has 0 N–H and O–H groups in total. The summed E-state index contributed by atoms with van der Waals surface area (Å²) in [7, 11) is -1.45. The highest BCUT2D eigenvalue weighted by molar-refractivity contribution is 8.33. The molecule has 0 aromatic heterocycles. The van der Waals surface area contributed by atoms with Gasteiger partial charge in [-0.2, -0.15) is 10.0 Å². The zero-order valence-electron chi connectivity index (χ0n) is 22.4. The van der Waals surface area contributed by atoms with E-state index in [2.05, 4.69) is 99.8 Å². The quantitative estimate of drug-likeness (QED) is 0.300. The molecule has 7 rings (SSSR count). The summed E-state index contributed by atoms with van der Waals surface area (Å²) < 4.78 is 12.4. The summed E-state index contributed by atoms with van der Waals surface area (Å²) in [5.41, 5.74) is 1.80. The van der Waals surface area contributed by atoms with Crippen molar-refractivity contribution in [1.29, 1.82) is 0 Å². The van der Waals surface area contributed by atoms with E-state index in [-0.39, 0.29) is 18.2 Å². The smallest absolute Gasteiger partial charge is 0.344 e. The normalized spacial score (nSPS) is 28.3. The Bertz CT molecular complexity index is 1240. The number of hydrogen-bond donors (Lipinski definition) is 0. The monoisotopic (exact) mass is 514 g/mol. The van der Waals surface area contributed by atoms with Gasteiger partial charge in [-0.1, -0.05) is 36.4 Å². The summed E-state index contributed by atoms with van der Waals surface area (Å²) in [5, 5.41) is 0. The third-order valence-electron chi connectivity index (χ3n) is 9.55. The fourth-order valence-electron chi connectivity index (χ4n) is 7.76. The van der Waals surface area contributed by atoms with Gasteiger partial charge in [0.05, 0.1) is 0 Å². The van der Waals surface area contributed by atoms with E-state index in [4.69, 9.17) is 9.47 Å². The van der Waals surface area contributed by atoms with Crippen LogP contribution in [0.25, 0.3) is 0 Å². The number of hydrogen-bond acceptors (Lipinski definition) is 3. The molecule has 5 atom stereocenters. The third kappa shape index (κ3) is 4.09. The van der Waals surface area contributed by atoms with Gasteiger partial charge in [0.15, 0.2) is 6.61 Å². The first-order valence-electron chi connectivity index (χ1n) is 13.6. The van der Waals surface area contributed by atoms with Crippen LogP contribution in [0.4, 0.5) is 0 Å². The Morgan fingerprint density at radius 2 is 1.46 bits per heavy atom. The largest absolute Gasteiger partial charge is 0.481 e. The summed E-state index contributed by atoms with van der Waals surface area (Å²) in [6, 6.07) is 26.1. The molecular weight excluding hydrogens is 476 g/mol. The van der Waals surface area contributed by atoms with Gasteiger partial charge < -0.3 is 9.47 Å². The molecule has 3 nitrogen and oxygen atoms in total. The average molecular weight is 515 g/mol. The molecular formula is C33H38O3S. The Morgan fingerprint density at radius 3 is 2.03 bits per heavy atom. The number of benzene rings is 3. The Morgan fingerprint density at radius 1 is 0.865 bits per heavy atom. The van der Waals surface area contributed by atoms with E-state index in [9.17, 15) is 4.79 Å². The first-order valence-corrected chi connectivity index (χ1v) is 15.7. The number of ether oxygens (including phenoxy) is 2. The van der Waals surface area contributed by atoms with Crippen LogP contribution < -0.4 is 4.74 Å². The highest BCUT2D eigenvalue weighted by Gasteiger charge is 2.62. The van der Waals surface area contributed by atoms with Gasteiger partial charge in [0.2, 0.25) is 0 Å². The lowest BCUT2D eigenvalue weighted by Gasteiger charge is -2.41. The molecule has 0 aliphatic heterocycles. The van der Waals surface area contributed by atoms with Crippen molar-refractivity contribution in [3.05, 3.63) is 83.9 Å². The van der Waals surface area contributed by atoms with Crippen molar-refractivity contribution in [2.75, 3.05) is 12.9 Å². The molecule has 194 valence electrons. The zero-order chi connectivity index (χ0) is 25.8. The molecule has 0 amide bonds. The molecule has 4 aliphatic carbocycles. The standard InChI is InChI=1S/C33H38O3S/c1-22-15-29(37(4,27-11-7-5-8-12-27)28-13-9-6-10-14-28)16-23(2)32(22)35-21-31(34)36-33(3)26-18-24-17-25(20-26)30(33)19-24/h5-16,24-26,30H,17-21H2,1-4H3. The summed E-state index contributed by atoms with van der Waals surface area (Å²) in [6.45, 7) is 6.32. The molecule has 0 radical (unpaired) electrons. The summed E-state index contributed by atoms with van der Waals surface area (Å²) in [4.78, 5) is 16.9. The predicted octanol–water partition coefficient (Wildman–Crippen LogP) is 7.96. The molecule has 0 heterocycles. The van der Waals surface area contributed by atoms with Crippen LogP contribution in [0.15, 0.2) is 87.5 Å². The molecule has 4 bridgehead atoms. The number of carbonyl (C=O) groups excluding carboxylic acids is 1. The van der Waals surface area contributed by atoms with Crippen molar-refractivity contribution in [2.45, 2.75) is 66.7 Å². The van der Waals surface area contributed by atoms with E-state index in [1.165, 1.54) is 40.4 Å². The van der Waals surface area contributed by atoms with Crippen molar-refractivity contribution in [3.8, 4) is 5.75 Å². The Labute approximate surface area is 222 Å². The molecule has 5 unspecified atom stereocenters. The molecule has 4 heteroatoms. The predicted molar refractivity (Wildman–Crippen MR) is 150 cm³/mol. The number of carbonyl (C=O) groups is 1. The van der Waals surface area contributed by atoms with Crippen LogP contribution in [0.1, 0.15) is 43.7 Å². The van der Waals surface area contributed by atoms with E-state index < -0.39 is 10.0 Å². The van der Waals surface area contributed by atoms with Gasteiger partial charge in [0.1, 0.15) is 11.4 Å². The number of esters is 1. The van der Waals surface area contributed by atoms with Crippen LogP contribution in [0.3, 0.4) is 0 Å². The SMILES string of the molecule is Cc1cc(S(C)(c2ccccc2)c2ccccc2)cc(C)c1OCC(=O)OC1(C)C2CC3CC(C2)C1C3. The lowest BCUT2D eigenvalue weighted by atomic mass is 9.73. The minimum Gasteiger partial charge on any atom is -0.481 e. The maximum atomic E-state index is 13.0. The zero-order valence-corrected chi connectivity index (χ0v) is 23.2. The second-order valence-corrected chi connectivity index (χ2v) is 15.0. The molecule has 3 aromatic carbocycles. The van der Waals surface area contributed by atoms with E-state index in [0.717, 1.165) is 28.7 Å². The lowest BCUT2D eigenvalue weighted by molar-refractivity contribution is -0.173. The second kappa shape index (κ2) is 9.23. The molecule has 4 saturated carbocycles. The first kappa shape index (κ1) is 24.6. The summed E-state index contributed by atoms with van der Waals surface area (Å²) in [6.07, 6.45) is 7.39. The van der Waals surface area contributed by atoms with Crippen LogP contribution in [-0.4, -0.2) is 24.4 Å². The van der Waals surface area contributed by atoms with Gasteiger partial charge in [-0.15, -0.1) is 0 Å². The van der Waals surface area contributed by atoms with E-state index in [1.54, 1.807) is 0 Å². The van der Waals surface area contributed by atoms with Crippen LogP contribution in [-0.2, 0) is 9.53 Å². The van der Waals surface area contributed by atoms with Gasteiger partial charge in [0.25, 0.3) is 0 Å². The second-order valence-electron chi connectivity index (χ2n) is 11.7. The van der Waals surface area contributed by atoms with E-state index >= 15 is 0 Å². The minimum absolute atomic E-state index is 0.0361. The highest BCUT2D eigenvalue weighted by Crippen LogP contribution is 2.66. The van der Waals surface area contributed by atoms with Crippen LogP contribution in [0, 0.1) is 37.5 Å². The van der Waals surface area contributed by atoms with Crippen molar-refractivity contribution in [1.82, 2.24) is 0 Å². The van der Waals surface area contributed by atoms with Crippen molar-refractivity contribution >= 4 is 16.0 Å². The first-order chi connectivity index (χ1) is 17.8. The molecule has 4 fully saturated rings. The molecule has 4 aliphatic rings. The van der Waals surface area contributed by atoms with E-state index in [0.29, 0.717) is 11.8 Å². The van der Waals surface area contributed by atoms with Gasteiger partial charge in [-0.05, 0) is 133 Å². The Hall–Kier alpha value is -2.72. The van der Waals surface area contributed by atoms with Crippen molar-refractivity contribution < 1.29 is 14.3 Å². The molecule has 37 heavy (non-hydrogen) atoms. The average Bonchev–Trinajstić information content (AvgIpc) is 3.29. The molecule has 0 spiro atoms. The Kier molecular flexibility index (Phi) is 6.14. The fraction of sp³-hybridized carbons (Fsp3) is 0.424. The van der Waals surface area contributed by atoms with Crippen LogP contribution in [0.2, 0.25) is 0 Å². The van der Waals surface area contributed by atoms with Gasteiger partial charge in [-0.3, -0.25) is 0 Å². The van der Waals surface area contributed by atoms with Gasteiger partial charge in [0, 0.05) is 5.92 Å². The lowest BCUT2D eigenvalue weighted by Crippen LogP contribution is -2.45. The summed E-state index contributed by atoms with van der Waals surface area (Å²) in [5.74, 6) is 3.25. The minimum atomic E-state index is -1.45. The van der Waals surface area contributed by atoms with Crippen LogP contribution >= 0.6 is 10.0 Å². The number of rotatable bonds is 7. The van der Waals surface area contributed by atoms with E-state index in [1.807, 2.05) is 0 Å². The van der Waals surface area contributed by atoms with Gasteiger partial charge >= 0.3 is 5.97 Å².